The molecule has 3 N–H and O–H groups in total. The van der Waals surface area contributed by atoms with E-state index >= 15 is 0 Å². The molecule has 0 saturated carbocycles. The van der Waals surface area contributed by atoms with Crippen LogP contribution in [0.1, 0.15) is 5.56 Å². The number of nitrogens with one attached hydrogen (secondary N) is 1. The fourth-order valence-electron chi connectivity index (χ4n) is 2.26. The van der Waals surface area contributed by atoms with Crippen LogP contribution in [-0.4, -0.2) is 17.1 Å². The van der Waals surface area contributed by atoms with Crippen LogP contribution in [0, 0.1) is 5.82 Å². The number of anilines is 2. The topological polar surface area (TPSA) is 73.1 Å². The van der Waals surface area contributed by atoms with E-state index in [1.54, 1.807) is 12.4 Å². The molecule has 112 valence electrons. The molecule has 0 aliphatic rings. The summed E-state index contributed by atoms with van der Waals surface area (Å²) in [6, 6.07) is 8.57. The van der Waals surface area contributed by atoms with Crippen LogP contribution in [0.4, 0.5) is 15.8 Å². The molecule has 22 heavy (non-hydrogen) atoms. The highest BCUT2D eigenvalue weighted by atomic mass is 19.1. The molecule has 2 aromatic carbocycles. The number of hydrogen-bond donors (Lipinski definition) is 2. The summed E-state index contributed by atoms with van der Waals surface area (Å²) in [4.78, 5) is 8.62. The average Bonchev–Trinajstić information content (AvgIpc) is 2.55. The second-order valence-corrected chi connectivity index (χ2v) is 4.77. The van der Waals surface area contributed by atoms with Gasteiger partial charge in [-0.2, -0.15) is 0 Å². The summed E-state index contributed by atoms with van der Waals surface area (Å²) in [5.74, 6) is -0.101. The van der Waals surface area contributed by atoms with Crippen molar-refractivity contribution in [1.29, 1.82) is 0 Å². The van der Waals surface area contributed by atoms with Crippen LogP contribution in [0.25, 0.3) is 11.0 Å². The predicted molar refractivity (Wildman–Crippen MR) is 84.2 cm³/mol. The molecular weight excluding hydrogens is 283 g/mol. The monoisotopic (exact) mass is 298 g/mol. The zero-order valence-corrected chi connectivity index (χ0v) is 12.0. The quantitative estimate of drug-likeness (QED) is 0.724. The second kappa shape index (κ2) is 5.85. The van der Waals surface area contributed by atoms with Gasteiger partial charge in [0.05, 0.1) is 29.5 Å². The van der Waals surface area contributed by atoms with Gasteiger partial charge in [-0.25, -0.2) is 4.39 Å². The molecule has 1 aromatic heterocycles. The molecule has 0 fully saturated rings. The highest BCUT2D eigenvalue weighted by Gasteiger charge is 2.09. The van der Waals surface area contributed by atoms with Gasteiger partial charge >= 0.3 is 0 Å². The standard InChI is InChI=1S/C16H15FN4O/c1-22-15-7-11(17)12(18)8-14(15)21-9-10-3-2-4-13-16(10)20-6-5-19-13/h2-8,21H,9,18H2,1H3. The Balaban J connectivity index is 1.90. The number of nitrogens with zero attached hydrogens (tertiary/aromatic N) is 2. The molecule has 0 aliphatic heterocycles. The molecule has 0 amide bonds. The van der Waals surface area contributed by atoms with Crippen molar-refractivity contribution in [3.05, 3.63) is 54.1 Å². The molecule has 0 spiro atoms. The Morgan fingerprint density at radius 3 is 2.86 bits per heavy atom. The summed E-state index contributed by atoms with van der Waals surface area (Å²) in [5.41, 5.74) is 8.94. The minimum Gasteiger partial charge on any atom is -0.494 e. The summed E-state index contributed by atoms with van der Waals surface area (Å²) in [6.45, 7) is 0.497. The SMILES string of the molecule is COc1cc(F)c(N)cc1NCc1cccc2nccnc12. The smallest absolute Gasteiger partial charge is 0.149 e. The lowest BCUT2D eigenvalue weighted by Crippen LogP contribution is -2.04. The highest BCUT2D eigenvalue weighted by Crippen LogP contribution is 2.29. The zero-order valence-electron chi connectivity index (χ0n) is 12.0. The van der Waals surface area contributed by atoms with E-state index in [1.165, 1.54) is 19.2 Å². The Labute approximate surface area is 127 Å². The van der Waals surface area contributed by atoms with E-state index in [1.807, 2.05) is 18.2 Å². The molecular formula is C16H15FN4O. The average molecular weight is 298 g/mol. The molecule has 0 atom stereocenters. The summed E-state index contributed by atoms with van der Waals surface area (Å²) >= 11 is 0. The van der Waals surface area contributed by atoms with Crippen molar-refractivity contribution >= 4 is 22.4 Å². The molecule has 5 nitrogen and oxygen atoms in total. The largest absolute Gasteiger partial charge is 0.494 e. The molecule has 0 saturated heterocycles. The number of aromatic nitrogens is 2. The summed E-state index contributed by atoms with van der Waals surface area (Å²) < 4.78 is 18.6. The zero-order chi connectivity index (χ0) is 15.5. The Morgan fingerprint density at radius 1 is 1.23 bits per heavy atom. The first-order valence-electron chi connectivity index (χ1n) is 6.74. The van der Waals surface area contributed by atoms with E-state index in [4.69, 9.17) is 10.5 Å². The number of nitrogen functional groups attached to an aromatic ring is 1. The molecule has 0 bridgehead atoms. The number of rotatable bonds is 4. The summed E-state index contributed by atoms with van der Waals surface area (Å²) in [5, 5.41) is 3.20. The summed E-state index contributed by atoms with van der Waals surface area (Å²) in [6.07, 6.45) is 3.31. The predicted octanol–water partition coefficient (Wildman–Crippen LogP) is 2.97. The second-order valence-electron chi connectivity index (χ2n) is 4.77. The molecule has 1 heterocycles. The van der Waals surface area contributed by atoms with Gasteiger partial charge in [0.15, 0.2) is 0 Å². The van der Waals surface area contributed by atoms with Crippen LogP contribution >= 0.6 is 0 Å². The third kappa shape index (κ3) is 2.63. The van der Waals surface area contributed by atoms with E-state index in [9.17, 15) is 4.39 Å². The van der Waals surface area contributed by atoms with E-state index in [0.29, 0.717) is 18.0 Å². The van der Waals surface area contributed by atoms with Gasteiger partial charge in [-0.15, -0.1) is 0 Å². The molecule has 3 aromatic rings. The van der Waals surface area contributed by atoms with Crippen LogP contribution in [0.3, 0.4) is 0 Å². The number of hydrogen-bond acceptors (Lipinski definition) is 5. The molecule has 3 rings (SSSR count). The van der Waals surface area contributed by atoms with E-state index < -0.39 is 5.82 Å². The number of halogens is 1. The van der Waals surface area contributed by atoms with Crippen LogP contribution < -0.4 is 15.8 Å². The van der Waals surface area contributed by atoms with Crippen molar-refractivity contribution in [2.75, 3.05) is 18.2 Å². The first kappa shape index (κ1) is 14.1. The van der Waals surface area contributed by atoms with E-state index in [2.05, 4.69) is 15.3 Å². The van der Waals surface area contributed by atoms with Crippen molar-refractivity contribution in [1.82, 2.24) is 9.97 Å². The van der Waals surface area contributed by atoms with Crippen molar-refractivity contribution in [2.24, 2.45) is 0 Å². The molecule has 0 radical (unpaired) electrons. The first-order chi connectivity index (χ1) is 10.7. The van der Waals surface area contributed by atoms with Gasteiger partial charge in [-0.1, -0.05) is 12.1 Å². The minimum absolute atomic E-state index is 0.0704. The van der Waals surface area contributed by atoms with Gasteiger partial charge in [0.1, 0.15) is 11.6 Å². The number of fused-ring (bicyclic) bond motifs is 1. The number of ether oxygens (including phenoxy) is 1. The van der Waals surface area contributed by atoms with Gasteiger partial charge in [0.2, 0.25) is 0 Å². The van der Waals surface area contributed by atoms with Crippen molar-refractivity contribution in [2.45, 2.75) is 6.54 Å². The Hall–Kier alpha value is -2.89. The van der Waals surface area contributed by atoms with Crippen molar-refractivity contribution in [3.8, 4) is 5.75 Å². The third-order valence-electron chi connectivity index (χ3n) is 3.37. The van der Waals surface area contributed by atoms with Gasteiger partial charge < -0.3 is 15.8 Å². The van der Waals surface area contributed by atoms with Gasteiger partial charge in [0, 0.05) is 25.0 Å². The Bertz CT molecular complexity index is 817. The van der Waals surface area contributed by atoms with Gasteiger partial charge in [-0.05, 0) is 17.7 Å². The minimum atomic E-state index is -0.501. The fourth-order valence-corrected chi connectivity index (χ4v) is 2.26. The lowest BCUT2D eigenvalue weighted by molar-refractivity contribution is 0.413. The Morgan fingerprint density at radius 2 is 2.05 bits per heavy atom. The summed E-state index contributed by atoms with van der Waals surface area (Å²) in [7, 11) is 1.49. The van der Waals surface area contributed by atoms with Gasteiger partial charge in [-0.3, -0.25) is 9.97 Å². The number of methoxy groups -OCH3 is 1. The maximum Gasteiger partial charge on any atom is 0.149 e. The van der Waals surface area contributed by atoms with Crippen molar-refractivity contribution in [3.63, 3.8) is 0 Å². The molecule has 0 aliphatic carbocycles. The third-order valence-corrected chi connectivity index (χ3v) is 3.37. The number of benzene rings is 2. The van der Waals surface area contributed by atoms with E-state index in [0.717, 1.165) is 16.6 Å². The fraction of sp³-hybridized carbons (Fsp3) is 0.125. The lowest BCUT2D eigenvalue weighted by Gasteiger charge is -2.13. The van der Waals surface area contributed by atoms with E-state index in [-0.39, 0.29) is 5.69 Å². The number of nitrogens with two attached hydrogens (primary N) is 1. The maximum absolute atomic E-state index is 13.5. The van der Waals surface area contributed by atoms with Crippen molar-refractivity contribution < 1.29 is 9.13 Å². The Kier molecular flexibility index (Phi) is 3.74. The van der Waals surface area contributed by atoms with Gasteiger partial charge in [0.25, 0.3) is 0 Å². The first-order valence-corrected chi connectivity index (χ1v) is 6.74. The van der Waals surface area contributed by atoms with Crippen LogP contribution in [0.5, 0.6) is 5.75 Å². The number of para-hydroxylation sites is 1. The maximum atomic E-state index is 13.5. The highest BCUT2D eigenvalue weighted by molar-refractivity contribution is 5.78. The van der Waals surface area contributed by atoms with Crippen LogP contribution in [-0.2, 0) is 6.54 Å². The lowest BCUT2D eigenvalue weighted by atomic mass is 10.1. The van der Waals surface area contributed by atoms with Crippen LogP contribution in [0.2, 0.25) is 0 Å². The molecule has 6 heteroatoms. The normalized spacial score (nSPS) is 10.6. The molecule has 0 unspecified atom stereocenters. The van der Waals surface area contributed by atoms with Crippen LogP contribution in [0.15, 0.2) is 42.7 Å².